The zero-order valence-corrected chi connectivity index (χ0v) is 38.3. The standard InChI is InChI=1S/C53H54N6O8S/c1-35-19-25-41(26-20-35)55-47(60)27-28-48(61)56-45(33-42-18-11-29-68-42)52(65)59-44(31-38-21-23-40(24-22-38)39-16-9-4-10-17-39)51(64)58-43(30-36-12-5-2-6-13-36)50(63)54-34-49(62)57-46(53(66)67)32-37-14-7-3-8-15-37/h2-26,29,43-46H,27-28,30-34H2,1H3,(H,54,63)(H,55,60)(H,56,61)(H,57,62)(H,58,64)(H,59,65)(H,66,67). The quantitative estimate of drug-likeness (QED) is 0.0432. The zero-order chi connectivity index (χ0) is 48.3. The molecule has 15 heteroatoms. The van der Waals surface area contributed by atoms with Crippen LogP contribution >= 0.6 is 11.3 Å². The van der Waals surface area contributed by atoms with E-state index in [9.17, 15) is 38.7 Å². The number of carboxylic acids is 1. The SMILES string of the molecule is Cc1ccc(NC(=O)CCC(=O)NC(Cc2cccs2)C(=O)NC(Cc2ccc(-c3ccccc3)cc2)C(=O)NC(Cc2ccccc2)C(=O)NCC(=O)NC(Cc2ccccc2)C(=O)O)cc1. The minimum Gasteiger partial charge on any atom is -0.480 e. The lowest BCUT2D eigenvalue weighted by Gasteiger charge is -2.26. The van der Waals surface area contributed by atoms with Crippen LogP contribution in [0.4, 0.5) is 5.69 Å². The van der Waals surface area contributed by atoms with Crippen molar-refractivity contribution >= 4 is 58.4 Å². The molecule has 14 nitrogen and oxygen atoms in total. The Kier molecular flexibility index (Phi) is 18.3. The molecule has 0 saturated carbocycles. The summed E-state index contributed by atoms with van der Waals surface area (Å²) in [5.74, 6) is -5.02. The number of hydrogen-bond acceptors (Lipinski definition) is 8. The highest BCUT2D eigenvalue weighted by Gasteiger charge is 2.31. The molecule has 0 aliphatic heterocycles. The molecule has 350 valence electrons. The molecule has 6 aromatic rings. The molecule has 7 N–H and O–H groups in total. The van der Waals surface area contributed by atoms with Gasteiger partial charge < -0.3 is 37.0 Å². The van der Waals surface area contributed by atoms with Crippen molar-refractivity contribution in [3.05, 3.63) is 184 Å². The zero-order valence-electron chi connectivity index (χ0n) is 37.5. The van der Waals surface area contributed by atoms with Crippen LogP contribution in [0, 0.1) is 6.92 Å². The Hall–Kier alpha value is -7.91. The molecular formula is C53H54N6O8S. The molecule has 0 fully saturated rings. The van der Waals surface area contributed by atoms with Gasteiger partial charge in [-0.2, -0.15) is 0 Å². The van der Waals surface area contributed by atoms with Crippen molar-refractivity contribution in [2.75, 3.05) is 11.9 Å². The molecule has 0 spiro atoms. The number of nitrogens with one attached hydrogen (secondary N) is 6. The van der Waals surface area contributed by atoms with Gasteiger partial charge in [0.25, 0.3) is 0 Å². The molecule has 0 aliphatic carbocycles. The highest BCUT2D eigenvalue weighted by atomic mass is 32.1. The molecule has 0 saturated heterocycles. The minimum atomic E-state index is -1.27. The normalized spacial score (nSPS) is 12.5. The topological polar surface area (TPSA) is 212 Å². The number of carboxylic acid groups (broad SMARTS) is 1. The minimum absolute atomic E-state index is 0.00673. The maximum atomic E-state index is 14.5. The first-order valence-corrected chi connectivity index (χ1v) is 23.1. The lowest BCUT2D eigenvalue weighted by molar-refractivity contribution is -0.141. The molecule has 68 heavy (non-hydrogen) atoms. The van der Waals surface area contributed by atoms with E-state index in [0.29, 0.717) is 22.4 Å². The Labute approximate surface area is 399 Å². The van der Waals surface area contributed by atoms with Crippen molar-refractivity contribution in [1.82, 2.24) is 26.6 Å². The molecule has 6 amide bonds. The van der Waals surface area contributed by atoms with Crippen molar-refractivity contribution < 1.29 is 38.7 Å². The van der Waals surface area contributed by atoms with E-state index in [2.05, 4.69) is 31.9 Å². The van der Waals surface area contributed by atoms with Gasteiger partial charge >= 0.3 is 5.97 Å². The Balaban J connectivity index is 1.19. The largest absolute Gasteiger partial charge is 0.480 e. The number of rotatable bonds is 23. The van der Waals surface area contributed by atoms with E-state index in [4.69, 9.17) is 0 Å². The van der Waals surface area contributed by atoms with Gasteiger partial charge in [0.15, 0.2) is 0 Å². The molecule has 0 bridgehead atoms. The fraction of sp³-hybridized carbons (Fsp3) is 0.226. The summed E-state index contributed by atoms with van der Waals surface area (Å²) in [5, 5.41) is 27.9. The van der Waals surface area contributed by atoms with Crippen LogP contribution in [0.3, 0.4) is 0 Å². The summed E-state index contributed by atoms with van der Waals surface area (Å²) in [6, 6.07) is 40.9. The maximum absolute atomic E-state index is 14.5. The van der Waals surface area contributed by atoms with Crippen molar-refractivity contribution in [2.24, 2.45) is 0 Å². The van der Waals surface area contributed by atoms with Crippen molar-refractivity contribution in [3.8, 4) is 11.1 Å². The molecule has 4 atom stereocenters. The summed E-state index contributed by atoms with van der Waals surface area (Å²) in [6.45, 7) is 1.35. The monoisotopic (exact) mass is 934 g/mol. The van der Waals surface area contributed by atoms with E-state index >= 15 is 0 Å². The van der Waals surface area contributed by atoms with Crippen LogP contribution in [0.5, 0.6) is 0 Å². The number of benzene rings is 5. The molecule has 4 unspecified atom stereocenters. The first kappa shape index (κ1) is 49.5. The van der Waals surface area contributed by atoms with Gasteiger partial charge in [0.1, 0.15) is 24.2 Å². The second-order valence-electron chi connectivity index (χ2n) is 16.3. The number of thiophene rings is 1. The van der Waals surface area contributed by atoms with E-state index < -0.39 is 66.2 Å². The first-order valence-electron chi connectivity index (χ1n) is 22.2. The van der Waals surface area contributed by atoms with Gasteiger partial charge in [-0.3, -0.25) is 28.8 Å². The number of carbonyl (C=O) groups is 7. The predicted octanol–water partition coefficient (Wildman–Crippen LogP) is 5.55. The van der Waals surface area contributed by atoms with Crippen molar-refractivity contribution in [1.29, 1.82) is 0 Å². The first-order chi connectivity index (χ1) is 32.9. The molecule has 0 aliphatic rings. The summed E-state index contributed by atoms with van der Waals surface area (Å²) in [5.41, 5.74) is 5.61. The third-order valence-corrected chi connectivity index (χ3v) is 11.8. The van der Waals surface area contributed by atoms with Gasteiger partial charge in [-0.05, 0) is 58.3 Å². The average Bonchev–Trinajstić information content (AvgIpc) is 3.87. The van der Waals surface area contributed by atoms with Crippen LogP contribution in [0.1, 0.15) is 40.0 Å². The van der Waals surface area contributed by atoms with Gasteiger partial charge in [0, 0.05) is 49.1 Å². The second-order valence-corrected chi connectivity index (χ2v) is 17.3. The highest BCUT2D eigenvalue weighted by molar-refractivity contribution is 7.09. The summed E-state index contributed by atoms with van der Waals surface area (Å²) < 4.78 is 0. The molecular weight excluding hydrogens is 881 g/mol. The molecule has 5 aromatic carbocycles. The predicted molar refractivity (Wildman–Crippen MR) is 261 cm³/mol. The van der Waals surface area contributed by atoms with E-state index in [0.717, 1.165) is 21.6 Å². The van der Waals surface area contributed by atoms with Gasteiger partial charge in [-0.15, -0.1) is 11.3 Å². The lowest BCUT2D eigenvalue weighted by atomic mass is 9.99. The number of anilines is 1. The van der Waals surface area contributed by atoms with Gasteiger partial charge in [0.05, 0.1) is 6.54 Å². The summed E-state index contributed by atoms with van der Waals surface area (Å²) >= 11 is 1.39. The van der Waals surface area contributed by atoms with Crippen LogP contribution in [0.15, 0.2) is 157 Å². The molecule has 0 radical (unpaired) electrons. The van der Waals surface area contributed by atoms with Crippen LogP contribution in [-0.2, 0) is 59.2 Å². The van der Waals surface area contributed by atoms with Crippen LogP contribution in [0.25, 0.3) is 11.1 Å². The third kappa shape index (κ3) is 15.9. The Bertz CT molecular complexity index is 2610. The number of hydrogen-bond donors (Lipinski definition) is 7. The maximum Gasteiger partial charge on any atom is 0.326 e. The summed E-state index contributed by atoms with van der Waals surface area (Å²) in [7, 11) is 0. The number of amides is 6. The fourth-order valence-corrected chi connectivity index (χ4v) is 8.04. The number of aliphatic carboxylic acids is 1. The van der Waals surface area contributed by atoms with E-state index in [-0.39, 0.29) is 44.4 Å². The lowest BCUT2D eigenvalue weighted by Crippen LogP contribution is -2.58. The van der Waals surface area contributed by atoms with Crippen LogP contribution < -0.4 is 31.9 Å². The smallest absolute Gasteiger partial charge is 0.326 e. The van der Waals surface area contributed by atoms with Gasteiger partial charge in [-0.25, -0.2) is 4.79 Å². The Morgan fingerprint density at radius 1 is 0.471 bits per heavy atom. The van der Waals surface area contributed by atoms with Crippen LogP contribution in [-0.4, -0.2) is 77.2 Å². The molecule has 1 heterocycles. The highest BCUT2D eigenvalue weighted by Crippen LogP contribution is 2.20. The average molecular weight is 935 g/mol. The van der Waals surface area contributed by atoms with Crippen LogP contribution in [0.2, 0.25) is 0 Å². The van der Waals surface area contributed by atoms with E-state index in [1.54, 1.807) is 72.8 Å². The Morgan fingerprint density at radius 3 is 1.51 bits per heavy atom. The molecule has 6 rings (SSSR count). The van der Waals surface area contributed by atoms with Gasteiger partial charge in [-0.1, -0.05) is 139 Å². The fourth-order valence-electron chi connectivity index (χ4n) is 7.29. The van der Waals surface area contributed by atoms with E-state index in [1.807, 2.05) is 91.2 Å². The van der Waals surface area contributed by atoms with E-state index in [1.165, 1.54) is 11.3 Å². The second kappa shape index (κ2) is 25.1. The summed E-state index contributed by atoms with van der Waals surface area (Å²) in [6.07, 6.45) is -0.230. The number of carbonyl (C=O) groups excluding carboxylic acids is 6. The molecule has 1 aromatic heterocycles. The number of aryl methyl sites for hydroxylation is 1. The van der Waals surface area contributed by atoms with Crippen molar-refractivity contribution in [3.63, 3.8) is 0 Å². The summed E-state index contributed by atoms with van der Waals surface area (Å²) in [4.78, 5) is 94.8. The van der Waals surface area contributed by atoms with Crippen molar-refractivity contribution in [2.45, 2.75) is 69.6 Å². The third-order valence-electron chi connectivity index (χ3n) is 10.9. The Morgan fingerprint density at radius 2 is 0.956 bits per heavy atom. The van der Waals surface area contributed by atoms with Gasteiger partial charge in [0.2, 0.25) is 35.4 Å².